The molecule has 2 N–H and O–H groups in total. The summed E-state index contributed by atoms with van der Waals surface area (Å²) in [5.74, 6) is 1.35. The Morgan fingerprint density at radius 3 is 2.79 bits per heavy atom. The van der Waals surface area contributed by atoms with Crippen molar-refractivity contribution in [2.24, 2.45) is 0 Å². The van der Waals surface area contributed by atoms with Gasteiger partial charge < -0.3 is 10.6 Å². The van der Waals surface area contributed by atoms with Crippen LogP contribution in [0.5, 0.6) is 0 Å². The predicted octanol–water partition coefficient (Wildman–Crippen LogP) is 2.97. The largest absolute Gasteiger partial charge is 0.338 e. The molecule has 2 aromatic heterocycles. The van der Waals surface area contributed by atoms with Crippen LogP contribution in [-0.4, -0.2) is 27.2 Å². The second-order valence-electron chi connectivity index (χ2n) is 6.05. The minimum atomic E-state index is -0.227. The molecule has 0 atom stereocenters. The summed E-state index contributed by atoms with van der Waals surface area (Å²) in [5, 5.41) is 10.2. The van der Waals surface area contributed by atoms with E-state index in [1.54, 1.807) is 4.52 Å². The number of hydrogen-bond donors (Lipinski definition) is 2. The van der Waals surface area contributed by atoms with Crippen molar-refractivity contribution in [2.75, 3.05) is 11.9 Å². The number of nitrogens with zero attached hydrogens (tertiary/aromatic N) is 3. The lowest BCUT2D eigenvalue weighted by Crippen LogP contribution is -2.30. The Labute approximate surface area is 139 Å². The molecule has 2 amide bonds. The number of amides is 2. The number of carbonyl (C=O) groups excluding carboxylic acids is 1. The van der Waals surface area contributed by atoms with Crippen molar-refractivity contribution in [3.05, 3.63) is 60.0 Å². The van der Waals surface area contributed by atoms with Crippen molar-refractivity contribution < 1.29 is 4.79 Å². The van der Waals surface area contributed by atoms with Crippen molar-refractivity contribution in [1.29, 1.82) is 0 Å². The third-order valence-electron chi connectivity index (χ3n) is 4.11. The summed E-state index contributed by atoms with van der Waals surface area (Å²) in [7, 11) is 0. The lowest BCUT2D eigenvalue weighted by Gasteiger charge is -2.08. The first-order chi connectivity index (χ1) is 11.8. The summed E-state index contributed by atoms with van der Waals surface area (Å²) in [4.78, 5) is 16.7. The fourth-order valence-electron chi connectivity index (χ4n) is 2.67. The molecular weight excluding hydrogens is 302 g/mol. The van der Waals surface area contributed by atoms with Crippen LogP contribution in [0.4, 0.5) is 10.5 Å². The minimum Gasteiger partial charge on any atom is -0.338 e. The molecule has 24 heavy (non-hydrogen) atoms. The lowest BCUT2D eigenvalue weighted by molar-refractivity contribution is 0.252. The highest BCUT2D eigenvalue weighted by Crippen LogP contribution is 2.38. The maximum absolute atomic E-state index is 12.1. The molecule has 0 aliphatic heterocycles. The first-order valence-electron chi connectivity index (χ1n) is 8.24. The van der Waals surface area contributed by atoms with Crippen LogP contribution in [0.15, 0.2) is 48.7 Å². The molecule has 6 heteroatoms. The second-order valence-corrected chi connectivity index (χ2v) is 6.05. The molecule has 1 aromatic carbocycles. The Morgan fingerprint density at radius 2 is 2.00 bits per heavy atom. The van der Waals surface area contributed by atoms with Gasteiger partial charge in [0.15, 0.2) is 11.5 Å². The van der Waals surface area contributed by atoms with Gasteiger partial charge in [0, 0.05) is 18.7 Å². The quantitative estimate of drug-likeness (QED) is 0.759. The zero-order valence-corrected chi connectivity index (χ0v) is 13.3. The van der Waals surface area contributed by atoms with Crippen LogP contribution >= 0.6 is 0 Å². The van der Waals surface area contributed by atoms with Gasteiger partial charge in [0.25, 0.3) is 0 Å². The molecular formula is C18H19N5O. The molecule has 1 saturated carbocycles. The molecule has 0 unspecified atom stereocenters. The van der Waals surface area contributed by atoms with E-state index in [0.717, 1.165) is 25.1 Å². The number of hydrogen-bond acceptors (Lipinski definition) is 3. The molecule has 0 radical (unpaired) electrons. The van der Waals surface area contributed by atoms with Crippen LogP contribution in [0.1, 0.15) is 30.1 Å². The summed E-state index contributed by atoms with van der Waals surface area (Å²) in [5.41, 5.74) is 2.57. The van der Waals surface area contributed by atoms with E-state index in [9.17, 15) is 4.79 Å². The van der Waals surface area contributed by atoms with E-state index >= 15 is 0 Å². The summed E-state index contributed by atoms with van der Waals surface area (Å²) in [6, 6.07) is 13.6. The smallest absolute Gasteiger partial charge is 0.319 e. The Morgan fingerprint density at radius 1 is 1.17 bits per heavy atom. The third-order valence-corrected chi connectivity index (χ3v) is 4.11. The zero-order chi connectivity index (χ0) is 16.4. The van der Waals surface area contributed by atoms with E-state index in [4.69, 9.17) is 0 Å². The van der Waals surface area contributed by atoms with Crippen LogP contribution < -0.4 is 10.6 Å². The molecule has 0 saturated heterocycles. The Bertz CT molecular complexity index is 854. The second kappa shape index (κ2) is 6.31. The fraction of sp³-hybridized carbons (Fsp3) is 0.278. The summed E-state index contributed by atoms with van der Waals surface area (Å²) < 4.78 is 1.73. The summed E-state index contributed by atoms with van der Waals surface area (Å²) in [6.07, 6.45) is 4.96. The van der Waals surface area contributed by atoms with Gasteiger partial charge in [0.05, 0.1) is 5.69 Å². The van der Waals surface area contributed by atoms with E-state index in [1.807, 2.05) is 36.5 Å². The van der Waals surface area contributed by atoms with Crippen LogP contribution in [-0.2, 0) is 6.42 Å². The van der Waals surface area contributed by atoms with Crippen LogP contribution in [0.25, 0.3) is 5.65 Å². The molecule has 1 aliphatic carbocycles. The Kier molecular flexibility index (Phi) is 3.86. The molecule has 4 rings (SSSR count). The molecule has 0 bridgehead atoms. The first kappa shape index (κ1) is 14.7. The predicted molar refractivity (Wildman–Crippen MR) is 92.1 cm³/mol. The topological polar surface area (TPSA) is 71.3 Å². The first-order valence-corrected chi connectivity index (χ1v) is 8.24. The average Bonchev–Trinajstić information content (AvgIpc) is 3.35. The lowest BCUT2D eigenvalue weighted by atomic mass is 10.1. The maximum Gasteiger partial charge on any atom is 0.319 e. The molecule has 0 spiro atoms. The van der Waals surface area contributed by atoms with Gasteiger partial charge in [-0.3, -0.25) is 0 Å². The molecule has 1 aliphatic rings. The van der Waals surface area contributed by atoms with Gasteiger partial charge in [0.2, 0.25) is 0 Å². The third kappa shape index (κ3) is 3.22. The van der Waals surface area contributed by atoms with Gasteiger partial charge in [0.1, 0.15) is 0 Å². The van der Waals surface area contributed by atoms with Gasteiger partial charge in [-0.1, -0.05) is 30.3 Å². The van der Waals surface area contributed by atoms with Gasteiger partial charge in [-0.15, -0.1) is 0 Å². The zero-order valence-electron chi connectivity index (χ0n) is 13.3. The average molecular weight is 321 g/mol. The van der Waals surface area contributed by atoms with Gasteiger partial charge in [-0.05, 0) is 37.0 Å². The molecule has 6 nitrogen and oxygen atoms in total. The number of benzene rings is 1. The number of carbonyl (C=O) groups is 1. The molecule has 3 aromatic rings. The van der Waals surface area contributed by atoms with E-state index in [1.165, 1.54) is 5.56 Å². The normalized spacial score (nSPS) is 13.8. The van der Waals surface area contributed by atoms with E-state index < -0.39 is 0 Å². The Hall–Kier alpha value is -2.89. The SMILES string of the molecule is O=C(NCCc1ccccc1)Nc1cccn2nc(C3CC3)nc12. The molecule has 122 valence electrons. The van der Waals surface area contributed by atoms with Crippen molar-refractivity contribution in [3.8, 4) is 0 Å². The Balaban J connectivity index is 1.39. The number of urea groups is 1. The number of aromatic nitrogens is 3. The van der Waals surface area contributed by atoms with Crippen LogP contribution in [0.3, 0.4) is 0 Å². The maximum atomic E-state index is 12.1. The van der Waals surface area contributed by atoms with E-state index in [0.29, 0.717) is 23.8 Å². The highest BCUT2D eigenvalue weighted by Gasteiger charge is 2.28. The summed E-state index contributed by atoms with van der Waals surface area (Å²) in [6.45, 7) is 0.582. The number of nitrogens with one attached hydrogen (secondary N) is 2. The fourth-order valence-corrected chi connectivity index (χ4v) is 2.67. The van der Waals surface area contributed by atoms with Gasteiger partial charge in [-0.25, -0.2) is 14.3 Å². The molecule has 2 heterocycles. The van der Waals surface area contributed by atoms with Crippen LogP contribution in [0, 0.1) is 0 Å². The van der Waals surface area contributed by atoms with Gasteiger partial charge in [-0.2, -0.15) is 5.10 Å². The standard InChI is InChI=1S/C18H19N5O/c24-18(19-11-10-13-5-2-1-3-6-13)20-15-7-4-12-23-17(15)21-16(22-23)14-8-9-14/h1-7,12,14H,8-11H2,(H2,19,20,24). The summed E-state index contributed by atoms with van der Waals surface area (Å²) >= 11 is 0. The molecule has 1 fully saturated rings. The van der Waals surface area contributed by atoms with Crippen molar-refractivity contribution in [2.45, 2.75) is 25.2 Å². The highest BCUT2D eigenvalue weighted by atomic mass is 16.2. The number of fused-ring (bicyclic) bond motifs is 1. The van der Waals surface area contributed by atoms with E-state index in [-0.39, 0.29) is 6.03 Å². The van der Waals surface area contributed by atoms with Crippen molar-refractivity contribution >= 4 is 17.4 Å². The highest BCUT2D eigenvalue weighted by molar-refractivity contribution is 5.92. The van der Waals surface area contributed by atoms with Gasteiger partial charge >= 0.3 is 6.03 Å². The number of anilines is 1. The van der Waals surface area contributed by atoms with Crippen molar-refractivity contribution in [1.82, 2.24) is 19.9 Å². The van der Waals surface area contributed by atoms with Crippen LogP contribution in [0.2, 0.25) is 0 Å². The minimum absolute atomic E-state index is 0.227. The number of pyridine rings is 1. The number of rotatable bonds is 5. The monoisotopic (exact) mass is 321 g/mol. The van der Waals surface area contributed by atoms with Crippen molar-refractivity contribution in [3.63, 3.8) is 0 Å². The van der Waals surface area contributed by atoms with E-state index in [2.05, 4.69) is 32.8 Å².